The number of aromatic amines is 1. The molecule has 7 heteroatoms. The van der Waals surface area contributed by atoms with Crippen LogP contribution < -0.4 is 5.32 Å². The lowest BCUT2D eigenvalue weighted by molar-refractivity contribution is 0.0707. The van der Waals surface area contributed by atoms with Crippen LogP contribution in [0.25, 0.3) is 11.0 Å². The highest BCUT2D eigenvalue weighted by Gasteiger charge is 2.26. The number of benzene rings is 1. The van der Waals surface area contributed by atoms with Gasteiger partial charge in [0, 0.05) is 37.8 Å². The van der Waals surface area contributed by atoms with Crippen molar-refractivity contribution in [2.24, 2.45) is 0 Å². The third-order valence-electron chi connectivity index (χ3n) is 4.78. The van der Waals surface area contributed by atoms with Crippen molar-refractivity contribution in [2.45, 2.75) is 18.8 Å². The number of anilines is 1. The lowest BCUT2D eigenvalue weighted by atomic mass is 9.90. The van der Waals surface area contributed by atoms with E-state index in [4.69, 9.17) is 0 Å². The van der Waals surface area contributed by atoms with Crippen LogP contribution >= 0.6 is 0 Å². The van der Waals surface area contributed by atoms with Crippen molar-refractivity contribution in [1.29, 1.82) is 0 Å². The zero-order chi connectivity index (χ0) is 17.2. The summed E-state index contributed by atoms with van der Waals surface area (Å²) < 4.78 is 0. The number of piperidine rings is 1. The molecule has 1 amide bonds. The number of rotatable bonds is 3. The molecule has 2 aromatic heterocycles. The average Bonchev–Trinajstić information content (AvgIpc) is 3.15. The minimum atomic E-state index is 0.0532. The first kappa shape index (κ1) is 15.6. The van der Waals surface area contributed by atoms with Gasteiger partial charge < -0.3 is 10.2 Å². The minimum absolute atomic E-state index is 0.0532. The number of nitrogens with zero attached hydrogens (tertiary/aromatic N) is 4. The van der Waals surface area contributed by atoms with Crippen molar-refractivity contribution in [2.75, 3.05) is 25.5 Å². The summed E-state index contributed by atoms with van der Waals surface area (Å²) in [7, 11) is 1.86. The second kappa shape index (κ2) is 6.51. The maximum atomic E-state index is 12.9. The summed E-state index contributed by atoms with van der Waals surface area (Å²) in [6.45, 7) is 1.51. The van der Waals surface area contributed by atoms with Crippen LogP contribution in [0.1, 0.15) is 34.7 Å². The highest BCUT2D eigenvalue weighted by Crippen LogP contribution is 2.28. The fourth-order valence-corrected chi connectivity index (χ4v) is 3.43. The van der Waals surface area contributed by atoms with E-state index >= 15 is 0 Å². The van der Waals surface area contributed by atoms with Crippen molar-refractivity contribution in [3.05, 3.63) is 47.7 Å². The van der Waals surface area contributed by atoms with Gasteiger partial charge in [0.05, 0.1) is 0 Å². The van der Waals surface area contributed by atoms with E-state index in [-0.39, 0.29) is 5.91 Å². The number of H-pyrrole nitrogens is 1. The molecule has 1 fully saturated rings. The minimum Gasteiger partial charge on any atom is -0.373 e. The largest absolute Gasteiger partial charge is 0.373 e. The molecule has 1 aromatic carbocycles. The normalized spacial score (nSPS) is 17.6. The molecule has 3 heterocycles. The van der Waals surface area contributed by atoms with Gasteiger partial charge in [-0.3, -0.25) is 4.79 Å². The van der Waals surface area contributed by atoms with Crippen LogP contribution in [0, 0.1) is 0 Å². The van der Waals surface area contributed by atoms with E-state index in [9.17, 15) is 4.79 Å². The van der Waals surface area contributed by atoms with E-state index in [0.717, 1.165) is 37.3 Å². The molecule has 0 radical (unpaired) electrons. The number of aromatic nitrogens is 4. The first-order chi connectivity index (χ1) is 12.2. The molecule has 1 atom stereocenters. The number of carbonyl (C=O) groups is 1. The number of likely N-dealkylation sites (tertiary alicyclic amines) is 1. The van der Waals surface area contributed by atoms with E-state index in [0.29, 0.717) is 17.0 Å². The molecule has 1 saturated heterocycles. The maximum absolute atomic E-state index is 12.9. The van der Waals surface area contributed by atoms with Gasteiger partial charge in [-0.25, -0.2) is 4.98 Å². The van der Waals surface area contributed by atoms with Crippen molar-refractivity contribution in [1.82, 2.24) is 25.3 Å². The summed E-state index contributed by atoms with van der Waals surface area (Å²) in [6.07, 6.45) is 3.90. The van der Waals surface area contributed by atoms with Gasteiger partial charge in [-0.15, -0.1) is 0 Å². The van der Waals surface area contributed by atoms with Crippen LogP contribution in [0.15, 0.2) is 36.5 Å². The molecule has 0 spiro atoms. The second-order valence-corrected chi connectivity index (χ2v) is 6.34. The smallest absolute Gasteiger partial charge is 0.253 e. The van der Waals surface area contributed by atoms with Gasteiger partial charge >= 0.3 is 0 Å². The summed E-state index contributed by atoms with van der Waals surface area (Å²) >= 11 is 0. The van der Waals surface area contributed by atoms with Crippen LogP contribution in [-0.2, 0) is 0 Å². The van der Waals surface area contributed by atoms with Gasteiger partial charge in [0.15, 0.2) is 0 Å². The van der Waals surface area contributed by atoms with Crippen molar-refractivity contribution >= 4 is 22.8 Å². The average molecular weight is 336 g/mol. The topological polar surface area (TPSA) is 86.8 Å². The van der Waals surface area contributed by atoms with Crippen molar-refractivity contribution in [3.63, 3.8) is 0 Å². The Hall–Kier alpha value is -2.96. The quantitative estimate of drug-likeness (QED) is 0.767. The number of fused-ring (bicyclic) bond motifs is 1. The van der Waals surface area contributed by atoms with Crippen molar-refractivity contribution < 1.29 is 4.79 Å². The van der Waals surface area contributed by atoms with E-state index in [1.54, 1.807) is 6.07 Å². The molecule has 3 aromatic rings. The molecule has 7 nitrogen and oxygen atoms in total. The Balaban J connectivity index is 1.54. The fourth-order valence-electron chi connectivity index (χ4n) is 3.43. The Morgan fingerprint density at radius 2 is 2.12 bits per heavy atom. The molecule has 25 heavy (non-hydrogen) atoms. The summed E-state index contributed by atoms with van der Waals surface area (Å²) in [5.41, 5.74) is 3.37. The van der Waals surface area contributed by atoms with E-state index in [2.05, 4.69) is 31.8 Å². The summed E-state index contributed by atoms with van der Waals surface area (Å²) in [4.78, 5) is 19.1. The molecule has 1 aliphatic heterocycles. The monoisotopic (exact) mass is 336 g/mol. The Labute approximate surface area is 145 Å². The third kappa shape index (κ3) is 3.05. The molecular weight excluding hydrogens is 316 g/mol. The number of nitrogens with one attached hydrogen (secondary N) is 2. The van der Waals surface area contributed by atoms with Crippen LogP contribution in [0.4, 0.5) is 5.82 Å². The third-order valence-corrected chi connectivity index (χ3v) is 4.78. The molecular formula is C18H20N6O. The van der Waals surface area contributed by atoms with Gasteiger partial charge in [0.2, 0.25) is 0 Å². The predicted molar refractivity (Wildman–Crippen MR) is 95.6 cm³/mol. The lowest BCUT2D eigenvalue weighted by Gasteiger charge is -2.33. The number of carbonyl (C=O) groups excluding carboxylic acids is 1. The Morgan fingerprint density at radius 1 is 1.24 bits per heavy atom. The standard InChI is InChI=1S/C18H20N6O/c1-19-17-10-12(6-7-20-17)14-3-2-8-24(11-14)18(25)13-4-5-15-16(9-13)22-23-21-15/h4-7,9-10,14H,2-3,8,11H2,1H3,(H,19,20)(H,21,22,23)/t14-/m0/s1. The predicted octanol–water partition coefficient (Wildman–Crippen LogP) is 2.41. The number of pyridine rings is 1. The van der Waals surface area contributed by atoms with Crippen molar-refractivity contribution in [3.8, 4) is 0 Å². The first-order valence-electron chi connectivity index (χ1n) is 8.48. The first-order valence-corrected chi connectivity index (χ1v) is 8.48. The van der Waals surface area contributed by atoms with E-state index in [1.165, 1.54) is 5.56 Å². The summed E-state index contributed by atoms with van der Waals surface area (Å²) in [5, 5.41) is 13.8. The van der Waals surface area contributed by atoms with E-state index in [1.807, 2.05) is 36.3 Å². The zero-order valence-electron chi connectivity index (χ0n) is 14.1. The van der Waals surface area contributed by atoms with Gasteiger partial charge in [-0.2, -0.15) is 15.4 Å². The van der Waals surface area contributed by atoms with E-state index < -0.39 is 0 Å². The number of amides is 1. The molecule has 0 bridgehead atoms. The van der Waals surface area contributed by atoms with Gasteiger partial charge in [-0.1, -0.05) is 0 Å². The van der Waals surface area contributed by atoms with Crippen LogP contribution in [-0.4, -0.2) is 51.3 Å². The highest BCUT2D eigenvalue weighted by molar-refractivity contribution is 5.97. The Morgan fingerprint density at radius 3 is 3.00 bits per heavy atom. The number of hydrogen-bond donors (Lipinski definition) is 2. The zero-order valence-corrected chi connectivity index (χ0v) is 14.1. The van der Waals surface area contributed by atoms with Crippen LogP contribution in [0.5, 0.6) is 0 Å². The molecule has 1 aliphatic rings. The SMILES string of the molecule is CNc1cc([C@H]2CCCN(C(=O)c3ccc4n[nH]nc4c3)C2)ccn1. The Bertz CT molecular complexity index is 905. The molecule has 0 unspecified atom stereocenters. The van der Waals surface area contributed by atoms with Crippen LogP contribution in [0.2, 0.25) is 0 Å². The summed E-state index contributed by atoms with van der Waals surface area (Å²) in [5.74, 6) is 1.25. The highest BCUT2D eigenvalue weighted by atomic mass is 16.2. The fraction of sp³-hybridized carbons (Fsp3) is 0.333. The van der Waals surface area contributed by atoms with Crippen LogP contribution in [0.3, 0.4) is 0 Å². The number of hydrogen-bond acceptors (Lipinski definition) is 5. The van der Waals surface area contributed by atoms with Gasteiger partial charge in [-0.05, 0) is 48.7 Å². The Kier molecular flexibility index (Phi) is 4.05. The van der Waals surface area contributed by atoms with Gasteiger partial charge in [0.25, 0.3) is 5.91 Å². The molecule has 128 valence electrons. The molecule has 4 rings (SSSR count). The maximum Gasteiger partial charge on any atom is 0.253 e. The second-order valence-electron chi connectivity index (χ2n) is 6.34. The lowest BCUT2D eigenvalue weighted by Crippen LogP contribution is -2.39. The summed E-state index contributed by atoms with van der Waals surface area (Å²) in [6, 6.07) is 9.56. The molecule has 2 N–H and O–H groups in total. The molecule has 0 saturated carbocycles. The molecule has 0 aliphatic carbocycles. The van der Waals surface area contributed by atoms with Gasteiger partial charge in [0.1, 0.15) is 16.9 Å².